The van der Waals surface area contributed by atoms with Crippen molar-refractivity contribution in [2.75, 3.05) is 6.61 Å². The zero-order valence-electron chi connectivity index (χ0n) is 20.9. The standard InChI is InChI=1S/C28H27N5O2S/c1-16-8-6-10-22(12-16)35-15-25-31-33-26(29)23(27(34)30-28(33)36-25)14-21-13-18(3)32(20(21)5)24-11-7-9-17(2)19(24)4/h6-14,29H,15H2,1-5H3/b23-14-,29-26?. The van der Waals surface area contributed by atoms with Crippen LogP contribution in [0.1, 0.15) is 33.6 Å². The lowest BCUT2D eigenvalue weighted by atomic mass is 10.1. The number of hydrogen-bond donors (Lipinski definition) is 1. The van der Waals surface area contributed by atoms with E-state index in [9.17, 15) is 4.79 Å². The van der Waals surface area contributed by atoms with Gasteiger partial charge in [-0.15, -0.1) is 0 Å². The predicted octanol–water partition coefficient (Wildman–Crippen LogP) is 5.72. The molecular weight excluding hydrogens is 470 g/mol. The molecule has 8 heteroatoms. The number of hydrazone groups is 1. The van der Waals surface area contributed by atoms with Crippen LogP contribution in [0.5, 0.6) is 5.75 Å². The first-order valence-electron chi connectivity index (χ1n) is 11.7. The summed E-state index contributed by atoms with van der Waals surface area (Å²) in [6, 6.07) is 16.1. The molecule has 3 heterocycles. The number of benzene rings is 2. The fraction of sp³-hybridized carbons (Fsp3) is 0.214. The lowest BCUT2D eigenvalue weighted by Crippen LogP contribution is -2.35. The van der Waals surface area contributed by atoms with Crippen molar-refractivity contribution in [2.45, 2.75) is 34.6 Å². The van der Waals surface area contributed by atoms with Crippen LogP contribution in [-0.4, -0.2) is 38.1 Å². The summed E-state index contributed by atoms with van der Waals surface area (Å²) in [7, 11) is 0. The van der Waals surface area contributed by atoms with E-state index in [1.807, 2.05) is 51.1 Å². The highest BCUT2D eigenvalue weighted by Crippen LogP contribution is 2.31. The Morgan fingerprint density at radius 1 is 1.06 bits per heavy atom. The van der Waals surface area contributed by atoms with Gasteiger partial charge in [0.2, 0.25) is 5.17 Å². The van der Waals surface area contributed by atoms with Gasteiger partial charge in [0.05, 0.1) is 5.57 Å². The van der Waals surface area contributed by atoms with Crippen molar-refractivity contribution in [2.24, 2.45) is 10.1 Å². The number of nitrogens with one attached hydrogen (secondary N) is 1. The molecule has 1 amide bonds. The largest absolute Gasteiger partial charge is 0.487 e. The summed E-state index contributed by atoms with van der Waals surface area (Å²) < 4.78 is 8.03. The van der Waals surface area contributed by atoms with Gasteiger partial charge >= 0.3 is 0 Å². The van der Waals surface area contributed by atoms with Crippen LogP contribution in [0.25, 0.3) is 11.8 Å². The third-order valence-electron chi connectivity index (χ3n) is 6.44. The van der Waals surface area contributed by atoms with Crippen LogP contribution in [0.3, 0.4) is 0 Å². The zero-order valence-corrected chi connectivity index (χ0v) is 21.7. The number of nitrogens with zero attached hydrogens (tertiary/aromatic N) is 4. The Labute approximate surface area is 214 Å². The number of amidine groups is 2. The minimum atomic E-state index is -0.439. The Hall–Kier alpha value is -3.91. The predicted molar refractivity (Wildman–Crippen MR) is 146 cm³/mol. The van der Waals surface area contributed by atoms with Crippen molar-refractivity contribution in [3.05, 3.63) is 87.7 Å². The van der Waals surface area contributed by atoms with E-state index in [1.54, 1.807) is 6.08 Å². The van der Waals surface area contributed by atoms with Gasteiger partial charge in [0.1, 0.15) is 17.4 Å². The number of rotatable bonds is 5. The quantitative estimate of drug-likeness (QED) is 0.457. The molecule has 2 aliphatic rings. The normalized spacial score (nSPS) is 16.4. The van der Waals surface area contributed by atoms with Crippen LogP contribution in [0, 0.1) is 40.0 Å². The average molecular weight is 498 g/mol. The molecule has 0 unspecified atom stereocenters. The lowest BCUT2D eigenvalue weighted by Gasteiger charge is -2.20. The van der Waals surface area contributed by atoms with Gasteiger partial charge in [-0.1, -0.05) is 24.3 Å². The minimum absolute atomic E-state index is 0.0135. The van der Waals surface area contributed by atoms with Gasteiger partial charge in [-0.25, -0.2) is 0 Å². The zero-order chi connectivity index (χ0) is 25.6. The molecule has 7 nitrogen and oxygen atoms in total. The van der Waals surface area contributed by atoms with Gasteiger partial charge in [-0.05, 0) is 99.0 Å². The first-order chi connectivity index (χ1) is 17.2. The number of aryl methyl sites for hydroxylation is 3. The molecule has 0 fully saturated rings. The maximum absolute atomic E-state index is 12.9. The highest BCUT2D eigenvalue weighted by atomic mass is 32.2. The van der Waals surface area contributed by atoms with E-state index in [1.165, 1.54) is 27.9 Å². The van der Waals surface area contributed by atoms with E-state index in [-0.39, 0.29) is 18.0 Å². The van der Waals surface area contributed by atoms with E-state index in [2.05, 4.69) is 46.7 Å². The van der Waals surface area contributed by atoms with Crippen molar-refractivity contribution in [3.63, 3.8) is 0 Å². The number of carbonyl (C=O) groups excluding carboxylic acids is 1. The Morgan fingerprint density at radius 3 is 2.61 bits per heavy atom. The number of aromatic nitrogens is 1. The van der Waals surface area contributed by atoms with Gasteiger partial charge in [-0.3, -0.25) is 10.2 Å². The Morgan fingerprint density at radius 2 is 1.83 bits per heavy atom. The molecule has 0 radical (unpaired) electrons. The molecule has 0 aliphatic carbocycles. The number of thioether (sulfide) groups is 1. The molecule has 0 spiro atoms. The van der Waals surface area contributed by atoms with Crippen LogP contribution in [0.15, 0.2) is 64.2 Å². The second-order valence-electron chi connectivity index (χ2n) is 9.00. The van der Waals surface area contributed by atoms with E-state index in [0.717, 1.165) is 34.0 Å². The number of fused-ring (bicyclic) bond motifs is 1. The summed E-state index contributed by atoms with van der Waals surface area (Å²) in [6.07, 6.45) is 1.75. The van der Waals surface area contributed by atoms with E-state index in [4.69, 9.17) is 10.1 Å². The van der Waals surface area contributed by atoms with E-state index < -0.39 is 5.91 Å². The molecule has 2 aromatic carbocycles. The summed E-state index contributed by atoms with van der Waals surface area (Å²) in [4.78, 5) is 17.1. The molecule has 0 atom stereocenters. The molecule has 0 saturated heterocycles. The second kappa shape index (κ2) is 9.28. The molecule has 1 aromatic heterocycles. The highest BCUT2D eigenvalue weighted by molar-refractivity contribution is 8.27. The van der Waals surface area contributed by atoms with E-state index in [0.29, 0.717) is 10.2 Å². The van der Waals surface area contributed by atoms with Gasteiger partial charge in [-0.2, -0.15) is 15.1 Å². The summed E-state index contributed by atoms with van der Waals surface area (Å²) >= 11 is 1.25. The van der Waals surface area contributed by atoms with Crippen LogP contribution in [0.2, 0.25) is 0 Å². The van der Waals surface area contributed by atoms with Crippen LogP contribution >= 0.6 is 11.8 Å². The van der Waals surface area contributed by atoms with Crippen molar-refractivity contribution in [1.29, 1.82) is 5.41 Å². The van der Waals surface area contributed by atoms with Crippen LogP contribution in [-0.2, 0) is 4.79 Å². The molecule has 0 saturated carbocycles. The first-order valence-corrected chi connectivity index (χ1v) is 12.5. The molecule has 182 valence electrons. The molecule has 2 aliphatic heterocycles. The fourth-order valence-electron chi connectivity index (χ4n) is 4.38. The van der Waals surface area contributed by atoms with Crippen molar-refractivity contribution in [3.8, 4) is 11.4 Å². The lowest BCUT2D eigenvalue weighted by molar-refractivity contribution is -0.114. The summed E-state index contributed by atoms with van der Waals surface area (Å²) in [5.74, 6) is 0.321. The Kier molecular flexibility index (Phi) is 6.14. The third kappa shape index (κ3) is 4.28. The Balaban J connectivity index is 1.42. The van der Waals surface area contributed by atoms with Crippen LogP contribution in [0.4, 0.5) is 0 Å². The summed E-state index contributed by atoms with van der Waals surface area (Å²) in [6.45, 7) is 10.5. The molecule has 5 rings (SSSR count). The summed E-state index contributed by atoms with van der Waals surface area (Å²) in [5.41, 5.74) is 7.78. The summed E-state index contributed by atoms with van der Waals surface area (Å²) in [5, 5.41) is 15.7. The van der Waals surface area contributed by atoms with Gasteiger partial charge in [0.15, 0.2) is 5.84 Å². The van der Waals surface area contributed by atoms with E-state index >= 15 is 0 Å². The molecule has 0 bridgehead atoms. The highest BCUT2D eigenvalue weighted by Gasteiger charge is 2.36. The third-order valence-corrected chi connectivity index (χ3v) is 7.32. The maximum Gasteiger partial charge on any atom is 0.283 e. The molecule has 3 aromatic rings. The van der Waals surface area contributed by atoms with Gasteiger partial charge < -0.3 is 9.30 Å². The topological polar surface area (TPSA) is 83.0 Å². The van der Waals surface area contributed by atoms with Crippen LogP contribution < -0.4 is 4.74 Å². The molecular formula is C28H27N5O2S. The monoisotopic (exact) mass is 497 g/mol. The molecule has 1 N–H and O–H groups in total. The SMILES string of the molecule is Cc1cccc(OCC2=NN3C(=N)/C(=C/c4cc(C)n(-c5cccc(C)c5C)c4C)C(=O)N=C3S2)c1. The Bertz CT molecular complexity index is 1510. The number of amides is 1. The number of carbonyl (C=O) groups is 1. The van der Waals surface area contributed by atoms with Gasteiger partial charge in [0.25, 0.3) is 5.91 Å². The average Bonchev–Trinajstić information content (AvgIpc) is 3.37. The smallest absolute Gasteiger partial charge is 0.283 e. The van der Waals surface area contributed by atoms with Crippen molar-refractivity contribution < 1.29 is 9.53 Å². The molecule has 36 heavy (non-hydrogen) atoms. The van der Waals surface area contributed by atoms with Gasteiger partial charge in [0, 0.05) is 17.1 Å². The first kappa shape index (κ1) is 23.8. The maximum atomic E-state index is 12.9. The fourth-order valence-corrected chi connectivity index (χ4v) is 5.18. The number of aliphatic imine (C=N–C) groups is 1. The van der Waals surface area contributed by atoms with Crippen molar-refractivity contribution in [1.82, 2.24) is 9.58 Å². The number of hydrogen-bond acceptors (Lipinski definition) is 5. The second-order valence-corrected chi connectivity index (χ2v) is 10.0. The number of ether oxygens (including phenoxy) is 1. The van der Waals surface area contributed by atoms with Crippen molar-refractivity contribution >= 4 is 39.8 Å². The minimum Gasteiger partial charge on any atom is -0.487 e.